The molecule has 2 aromatic heterocycles. The molecule has 1 saturated carbocycles. The Morgan fingerprint density at radius 2 is 2.24 bits per heavy atom. The predicted octanol–water partition coefficient (Wildman–Crippen LogP) is 2.66. The van der Waals surface area contributed by atoms with Crippen molar-refractivity contribution in [1.82, 2.24) is 9.38 Å². The molecule has 0 spiro atoms. The van der Waals surface area contributed by atoms with Gasteiger partial charge in [-0.25, -0.2) is 0 Å². The molecule has 21 heavy (non-hydrogen) atoms. The van der Waals surface area contributed by atoms with Crippen LogP contribution in [0.3, 0.4) is 0 Å². The van der Waals surface area contributed by atoms with Crippen LogP contribution >= 0.6 is 11.3 Å². The third kappa shape index (κ3) is 2.60. The number of hydrogen-bond donors (Lipinski definition) is 2. The first-order valence-electron chi connectivity index (χ1n) is 7.10. The maximum atomic E-state index is 11.3. The van der Waals surface area contributed by atoms with Crippen molar-refractivity contribution in [2.24, 2.45) is 5.41 Å². The third-order valence-corrected chi connectivity index (χ3v) is 5.05. The fraction of sp³-hybridized carbons (Fsp3) is 0.615. The minimum atomic E-state index is -0.415. The van der Waals surface area contributed by atoms with E-state index in [4.69, 9.17) is 0 Å². The Hall–Kier alpha value is -1.67. The normalized spacial score (nSPS) is 18.0. The molecule has 2 heterocycles. The van der Waals surface area contributed by atoms with Crippen molar-refractivity contribution in [2.75, 3.05) is 18.5 Å². The van der Waals surface area contributed by atoms with Crippen molar-refractivity contribution in [1.29, 1.82) is 0 Å². The van der Waals surface area contributed by atoms with E-state index in [2.05, 4.69) is 10.3 Å². The first-order chi connectivity index (χ1) is 10.2. The number of imidazole rings is 1. The molecule has 8 heteroatoms. The van der Waals surface area contributed by atoms with Crippen LogP contribution < -0.4 is 5.32 Å². The van der Waals surface area contributed by atoms with E-state index in [9.17, 15) is 15.2 Å². The second-order valence-corrected chi connectivity index (χ2v) is 6.54. The van der Waals surface area contributed by atoms with Crippen molar-refractivity contribution in [3.8, 4) is 0 Å². The molecule has 1 fully saturated rings. The number of nitro groups is 1. The monoisotopic (exact) mass is 310 g/mol. The summed E-state index contributed by atoms with van der Waals surface area (Å²) < 4.78 is 1.49. The van der Waals surface area contributed by atoms with Crippen LogP contribution in [0.2, 0.25) is 0 Å². The standard InChI is InChI=1S/C13H18N4O3S/c18-9-13(4-2-1-3-5-13)8-14-10-11(17(19)20)16-6-7-21-12(16)15-10/h6-7,14,18H,1-5,8-9H2. The highest BCUT2D eigenvalue weighted by Crippen LogP contribution is 2.37. The molecule has 0 unspecified atom stereocenters. The molecular weight excluding hydrogens is 292 g/mol. The molecule has 3 rings (SSSR count). The molecule has 114 valence electrons. The van der Waals surface area contributed by atoms with Gasteiger partial charge in [0.2, 0.25) is 5.82 Å². The summed E-state index contributed by atoms with van der Waals surface area (Å²) in [5, 5.41) is 25.8. The lowest BCUT2D eigenvalue weighted by atomic mass is 9.74. The number of nitrogens with zero attached hydrogens (tertiary/aromatic N) is 3. The first-order valence-corrected chi connectivity index (χ1v) is 7.98. The van der Waals surface area contributed by atoms with Crippen LogP contribution in [0.1, 0.15) is 32.1 Å². The summed E-state index contributed by atoms with van der Waals surface area (Å²) in [6, 6.07) is 0. The number of aliphatic hydroxyl groups excluding tert-OH is 1. The fourth-order valence-corrected chi connectivity index (χ4v) is 3.74. The molecule has 0 atom stereocenters. The molecule has 0 aliphatic heterocycles. The number of nitrogens with one attached hydrogen (secondary N) is 1. The topological polar surface area (TPSA) is 92.7 Å². The highest BCUT2D eigenvalue weighted by Gasteiger charge is 2.33. The summed E-state index contributed by atoms with van der Waals surface area (Å²) >= 11 is 1.36. The fourth-order valence-electron chi connectivity index (χ4n) is 3.03. The third-order valence-electron chi connectivity index (χ3n) is 4.29. The quantitative estimate of drug-likeness (QED) is 0.654. The lowest BCUT2D eigenvalue weighted by molar-refractivity contribution is -0.389. The van der Waals surface area contributed by atoms with Crippen LogP contribution in [-0.4, -0.2) is 32.6 Å². The summed E-state index contributed by atoms with van der Waals surface area (Å²) in [4.78, 5) is 15.7. The first kappa shape index (κ1) is 14.3. The lowest BCUT2D eigenvalue weighted by Crippen LogP contribution is -2.35. The van der Waals surface area contributed by atoms with Gasteiger partial charge in [-0.15, -0.1) is 0 Å². The van der Waals surface area contributed by atoms with E-state index in [0.29, 0.717) is 17.3 Å². The molecule has 7 nitrogen and oxygen atoms in total. The minimum Gasteiger partial charge on any atom is -0.396 e. The molecule has 0 bridgehead atoms. The number of anilines is 1. The van der Waals surface area contributed by atoms with Gasteiger partial charge in [0.1, 0.15) is 6.20 Å². The van der Waals surface area contributed by atoms with Gasteiger partial charge in [-0.05, 0) is 17.8 Å². The summed E-state index contributed by atoms with van der Waals surface area (Å²) in [7, 11) is 0. The minimum absolute atomic E-state index is 0.0323. The molecule has 1 aliphatic carbocycles. The van der Waals surface area contributed by atoms with Crippen molar-refractivity contribution >= 4 is 27.9 Å². The average molecular weight is 310 g/mol. The van der Waals surface area contributed by atoms with Crippen LogP contribution in [0, 0.1) is 15.5 Å². The molecule has 1 aliphatic rings. The zero-order valence-corrected chi connectivity index (χ0v) is 12.4. The van der Waals surface area contributed by atoms with Gasteiger partial charge < -0.3 is 20.5 Å². The van der Waals surface area contributed by atoms with E-state index >= 15 is 0 Å². The molecule has 2 N–H and O–H groups in total. The van der Waals surface area contributed by atoms with E-state index in [1.807, 2.05) is 0 Å². The van der Waals surface area contributed by atoms with Crippen molar-refractivity contribution < 1.29 is 10.0 Å². The average Bonchev–Trinajstić information content (AvgIpc) is 3.05. The van der Waals surface area contributed by atoms with Crippen molar-refractivity contribution in [2.45, 2.75) is 32.1 Å². The summed E-state index contributed by atoms with van der Waals surface area (Å²) in [6.07, 6.45) is 6.95. The van der Waals surface area contributed by atoms with Gasteiger partial charge >= 0.3 is 5.82 Å². The smallest absolute Gasteiger partial charge is 0.372 e. The Balaban J connectivity index is 1.82. The molecule has 0 radical (unpaired) electrons. The van der Waals surface area contributed by atoms with Crippen LogP contribution in [0.4, 0.5) is 11.6 Å². The number of fused-ring (bicyclic) bond motifs is 1. The van der Waals surface area contributed by atoms with Gasteiger partial charge in [0, 0.05) is 17.3 Å². The Kier molecular flexibility index (Phi) is 3.81. The molecule has 2 aromatic rings. The molecule has 0 aromatic carbocycles. The number of aromatic nitrogens is 2. The lowest BCUT2D eigenvalue weighted by Gasteiger charge is -2.35. The molecule has 0 amide bonds. The van der Waals surface area contributed by atoms with E-state index < -0.39 is 4.92 Å². The van der Waals surface area contributed by atoms with Crippen LogP contribution in [0.25, 0.3) is 4.96 Å². The summed E-state index contributed by atoms with van der Waals surface area (Å²) in [6.45, 7) is 0.630. The second kappa shape index (κ2) is 5.61. The number of rotatable bonds is 5. The Labute approximate surface area is 125 Å². The zero-order chi connectivity index (χ0) is 14.9. The summed E-state index contributed by atoms with van der Waals surface area (Å²) in [5.74, 6) is 0.264. The molecular formula is C13H18N4O3S. The number of aliphatic hydroxyl groups is 1. The van der Waals surface area contributed by atoms with Gasteiger partial charge in [0.15, 0.2) is 0 Å². The summed E-state index contributed by atoms with van der Waals surface area (Å²) in [5.41, 5.74) is -0.177. The Morgan fingerprint density at radius 1 is 1.48 bits per heavy atom. The van der Waals surface area contributed by atoms with Crippen LogP contribution in [-0.2, 0) is 0 Å². The van der Waals surface area contributed by atoms with E-state index in [1.165, 1.54) is 22.2 Å². The van der Waals surface area contributed by atoms with Crippen LogP contribution in [0.15, 0.2) is 11.6 Å². The van der Waals surface area contributed by atoms with Crippen molar-refractivity contribution in [3.05, 3.63) is 21.7 Å². The molecule has 0 saturated heterocycles. The Morgan fingerprint density at radius 3 is 2.90 bits per heavy atom. The van der Waals surface area contributed by atoms with E-state index in [-0.39, 0.29) is 17.8 Å². The van der Waals surface area contributed by atoms with Gasteiger partial charge in [0.05, 0.1) is 6.61 Å². The zero-order valence-electron chi connectivity index (χ0n) is 11.6. The SMILES string of the molecule is O=[N+]([O-])c1c(NCC2(CO)CCCCC2)nc2sccn12. The maximum Gasteiger partial charge on any atom is 0.372 e. The largest absolute Gasteiger partial charge is 0.396 e. The van der Waals surface area contributed by atoms with Gasteiger partial charge in [-0.1, -0.05) is 30.6 Å². The highest BCUT2D eigenvalue weighted by molar-refractivity contribution is 7.15. The predicted molar refractivity (Wildman–Crippen MR) is 80.8 cm³/mol. The Bertz CT molecular complexity index is 645. The van der Waals surface area contributed by atoms with Gasteiger partial charge in [0.25, 0.3) is 4.96 Å². The van der Waals surface area contributed by atoms with E-state index in [1.54, 1.807) is 11.6 Å². The van der Waals surface area contributed by atoms with Gasteiger partial charge in [-0.3, -0.25) is 0 Å². The highest BCUT2D eigenvalue weighted by atomic mass is 32.1. The van der Waals surface area contributed by atoms with E-state index in [0.717, 1.165) is 25.7 Å². The number of thiazole rings is 1. The van der Waals surface area contributed by atoms with Crippen molar-refractivity contribution in [3.63, 3.8) is 0 Å². The van der Waals surface area contributed by atoms with Crippen LogP contribution in [0.5, 0.6) is 0 Å². The maximum absolute atomic E-state index is 11.3. The second-order valence-electron chi connectivity index (χ2n) is 5.67. The van der Waals surface area contributed by atoms with Gasteiger partial charge in [-0.2, -0.15) is 9.38 Å². The number of hydrogen-bond acceptors (Lipinski definition) is 6.